The van der Waals surface area contributed by atoms with Gasteiger partial charge >= 0.3 is 0 Å². The zero-order valence-corrected chi connectivity index (χ0v) is 15.6. The van der Waals surface area contributed by atoms with Crippen LogP contribution in [0.1, 0.15) is 78.3 Å². The Labute approximate surface area is 145 Å². The number of ketones is 2. The van der Waals surface area contributed by atoms with Crippen LogP contribution < -0.4 is 0 Å². The Morgan fingerprint density at radius 3 is 2.62 bits per heavy atom. The van der Waals surface area contributed by atoms with Crippen molar-refractivity contribution in [2.45, 2.75) is 85.6 Å². The van der Waals surface area contributed by atoms with E-state index in [9.17, 15) is 9.59 Å². The first-order valence-electron chi connectivity index (χ1n) is 9.22. The molecule has 5 heteroatoms. The van der Waals surface area contributed by atoms with Gasteiger partial charge in [0, 0.05) is 30.0 Å². The molecule has 1 aromatic heterocycles. The van der Waals surface area contributed by atoms with Crippen LogP contribution in [0.3, 0.4) is 0 Å². The third kappa shape index (κ3) is 4.31. The third-order valence-corrected chi connectivity index (χ3v) is 6.09. The molecule has 0 aliphatic carbocycles. The Kier molecular flexibility index (Phi) is 5.94. The number of rotatable bonds is 2. The fourth-order valence-electron chi connectivity index (χ4n) is 3.44. The molecule has 0 fully saturated rings. The molecule has 2 rings (SSSR count). The summed E-state index contributed by atoms with van der Waals surface area (Å²) in [5, 5.41) is 8.42. The van der Waals surface area contributed by atoms with Crippen LogP contribution in [0, 0.1) is 10.8 Å². The van der Waals surface area contributed by atoms with Gasteiger partial charge < -0.3 is 0 Å². The standard InChI is InChI=1S/C19H31N3O2/c1-5-18(3)11-8-16-14-22(21-20-16)13-7-6-10-19(4,15(2)23)12-9-17(18)24/h14H,5-13H2,1-4H3/t18-,19+/m0/s1. The number of nitrogens with zero attached hydrogens (tertiary/aromatic N) is 3. The topological polar surface area (TPSA) is 64.8 Å². The lowest BCUT2D eigenvalue weighted by Gasteiger charge is -2.31. The maximum atomic E-state index is 12.9. The number of hydrogen-bond acceptors (Lipinski definition) is 4. The molecule has 1 aliphatic heterocycles. The maximum absolute atomic E-state index is 12.9. The summed E-state index contributed by atoms with van der Waals surface area (Å²) in [5.41, 5.74) is 0.237. The quantitative estimate of drug-likeness (QED) is 0.826. The summed E-state index contributed by atoms with van der Waals surface area (Å²) in [6, 6.07) is 0. The first-order valence-corrected chi connectivity index (χ1v) is 9.22. The predicted molar refractivity (Wildman–Crippen MR) is 93.6 cm³/mol. The van der Waals surface area contributed by atoms with Gasteiger partial charge in [-0.3, -0.25) is 14.3 Å². The van der Waals surface area contributed by atoms with Gasteiger partial charge in [0.05, 0.1) is 5.69 Å². The minimum Gasteiger partial charge on any atom is -0.299 e. The van der Waals surface area contributed by atoms with Crippen molar-refractivity contribution in [3.63, 3.8) is 0 Å². The number of carbonyl (C=O) groups is 2. The van der Waals surface area contributed by atoms with Crippen molar-refractivity contribution in [3.05, 3.63) is 11.9 Å². The predicted octanol–water partition coefficient (Wildman–Crippen LogP) is 3.76. The highest BCUT2D eigenvalue weighted by Gasteiger charge is 2.35. The summed E-state index contributed by atoms with van der Waals surface area (Å²) >= 11 is 0. The summed E-state index contributed by atoms with van der Waals surface area (Å²) in [6.07, 6.45) is 8.31. The van der Waals surface area contributed by atoms with Crippen LogP contribution in [0.25, 0.3) is 0 Å². The number of hydrogen-bond donors (Lipinski definition) is 0. The number of aromatic nitrogens is 3. The average Bonchev–Trinajstić information content (AvgIpc) is 3.01. The van der Waals surface area contributed by atoms with Crippen LogP contribution in [-0.4, -0.2) is 26.6 Å². The smallest absolute Gasteiger partial charge is 0.138 e. The van der Waals surface area contributed by atoms with Crippen LogP contribution >= 0.6 is 0 Å². The van der Waals surface area contributed by atoms with Gasteiger partial charge in [-0.2, -0.15) is 0 Å². The lowest BCUT2D eigenvalue weighted by atomic mass is 9.72. The molecule has 24 heavy (non-hydrogen) atoms. The molecule has 0 aromatic carbocycles. The Bertz CT molecular complexity index is 595. The fraction of sp³-hybridized carbons (Fsp3) is 0.789. The van der Waals surface area contributed by atoms with Crippen molar-refractivity contribution in [3.8, 4) is 0 Å². The summed E-state index contributed by atoms with van der Waals surface area (Å²) in [4.78, 5) is 25.0. The SMILES string of the molecule is CC[C@@]1(C)CCc2cn(nn2)CCCC[C@@](C)(C(C)=O)CCC1=O. The molecular weight excluding hydrogens is 302 g/mol. The molecule has 1 aromatic rings. The van der Waals surface area contributed by atoms with E-state index in [0.29, 0.717) is 12.8 Å². The van der Waals surface area contributed by atoms with Gasteiger partial charge in [-0.1, -0.05) is 32.4 Å². The lowest BCUT2D eigenvalue weighted by molar-refractivity contribution is -0.131. The molecule has 0 unspecified atom stereocenters. The molecule has 2 atom stereocenters. The van der Waals surface area contributed by atoms with Crippen molar-refractivity contribution < 1.29 is 9.59 Å². The van der Waals surface area contributed by atoms with Crippen molar-refractivity contribution in [1.82, 2.24) is 15.0 Å². The number of Topliss-reactive ketones (excluding diaryl/α,β-unsaturated/α-hetero) is 2. The highest BCUT2D eigenvalue weighted by Crippen LogP contribution is 2.36. The second-order valence-electron chi connectivity index (χ2n) is 7.88. The Hall–Kier alpha value is -1.52. The van der Waals surface area contributed by atoms with Gasteiger partial charge in [0.1, 0.15) is 11.6 Å². The zero-order chi connectivity index (χ0) is 17.8. The highest BCUT2D eigenvalue weighted by molar-refractivity contribution is 5.86. The van der Waals surface area contributed by atoms with Gasteiger partial charge in [-0.15, -0.1) is 5.10 Å². The molecule has 0 amide bonds. The molecule has 1 aliphatic rings. The molecule has 0 saturated carbocycles. The van der Waals surface area contributed by atoms with Crippen molar-refractivity contribution >= 4 is 11.6 Å². The molecular formula is C19H31N3O2. The first kappa shape index (κ1) is 18.8. The Balaban J connectivity index is 2.22. The monoisotopic (exact) mass is 333 g/mol. The summed E-state index contributed by atoms with van der Waals surface area (Å²) in [7, 11) is 0. The van der Waals surface area contributed by atoms with Gasteiger partial charge in [0.25, 0.3) is 0 Å². The minimum atomic E-state index is -0.387. The van der Waals surface area contributed by atoms with Crippen LogP contribution in [0.15, 0.2) is 6.20 Å². The third-order valence-electron chi connectivity index (χ3n) is 6.09. The average molecular weight is 333 g/mol. The van der Waals surface area contributed by atoms with Crippen molar-refractivity contribution in [2.24, 2.45) is 10.8 Å². The zero-order valence-electron chi connectivity index (χ0n) is 15.6. The van der Waals surface area contributed by atoms with Gasteiger partial charge in [-0.25, -0.2) is 0 Å². The van der Waals surface area contributed by atoms with E-state index < -0.39 is 0 Å². The van der Waals surface area contributed by atoms with E-state index in [2.05, 4.69) is 24.2 Å². The minimum absolute atomic E-state index is 0.198. The highest BCUT2D eigenvalue weighted by atomic mass is 16.1. The molecule has 2 bridgehead atoms. The molecule has 2 heterocycles. The van der Waals surface area contributed by atoms with Gasteiger partial charge in [-0.05, 0) is 45.4 Å². The van der Waals surface area contributed by atoms with Gasteiger partial charge in [0.15, 0.2) is 0 Å². The summed E-state index contributed by atoms with van der Waals surface area (Å²) in [5.74, 6) is 0.477. The van der Waals surface area contributed by atoms with Crippen LogP contribution in [0.2, 0.25) is 0 Å². The van der Waals surface area contributed by atoms with Gasteiger partial charge in [0.2, 0.25) is 0 Å². The lowest BCUT2D eigenvalue weighted by Crippen LogP contribution is -2.32. The Morgan fingerprint density at radius 2 is 1.96 bits per heavy atom. The molecule has 5 nitrogen and oxygen atoms in total. The van der Waals surface area contributed by atoms with Crippen LogP contribution in [-0.2, 0) is 22.6 Å². The van der Waals surface area contributed by atoms with E-state index in [1.54, 1.807) is 6.92 Å². The molecule has 0 spiro atoms. The van der Waals surface area contributed by atoms with E-state index in [0.717, 1.165) is 50.8 Å². The van der Waals surface area contributed by atoms with Crippen LogP contribution in [0.5, 0.6) is 0 Å². The fourth-order valence-corrected chi connectivity index (χ4v) is 3.44. The number of aryl methyl sites for hydroxylation is 2. The van der Waals surface area contributed by atoms with Crippen LogP contribution in [0.4, 0.5) is 0 Å². The number of carbonyl (C=O) groups excluding carboxylic acids is 2. The van der Waals surface area contributed by atoms with E-state index in [4.69, 9.17) is 0 Å². The van der Waals surface area contributed by atoms with Crippen molar-refractivity contribution in [2.75, 3.05) is 0 Å². The van der Waals surface area contributed by atoms with E-state index in [-0.39, 0.29) is 22.4 Å². The second kappa shape index (κ2) is 7.58. The van der Waals surface area contributed by atoms with E-state index >= 15 is 0 Å². The second-order valence-corrected chi connectivity index (χ2v) is 7.88. The maximum Gasteiger partial charge on any atom is 0.138 e. The molecule has 0 radical (unpaired) electrons. The molecule has 134 valence electrons. The summed E-state index contributed by atoms with van der Waals surface area (Å²) < 4.78 is 1.89. The van der Waals surface area contributed by atoms with E-state index in [1.165, 1.54) is 0 Å². The largest absolute Gasteiger partial charge is 0.299 e. The molecule has 0 saturated heterocycles. The normalized spacial score (nSPS) is 29.9. The summed E-state index contributed by atoms with van der Waals surface area (Å²) in [6.45, 7) is 8.64. The van der Waals surface area contributed by atoms with E-state index in [1.807, 2.05) is 17.8 Å². The molecule has 0 N–H and O–H groups in total. The first-order chi connectivity index (χ1) is 11.3. The number of fused-ring (bicyclic) bond motifs is 2. The Morgan fingerprint density at radius 1 is 1.21 bits per heavy atom. The van der Waals surface area contributed by atoms with Crippen molar-refractivity contribution in [1.29, 1.82) is 0 Å².